The van der Waals surface area contributed by atoms with E-state index in [2.05, 4.69) is 37.3 Å². The molecule has 0 radical (unpaired) electrons. The van der Waals surface area contributed by atoms with Crippen molar-refractivity contribution in [3.8, 4) is 17.0 Å². The van der Waals surface area contributed by atoms with Crippen molar-refractivity contribution < 1.29 is 18.3 Å². The molecule has 1 saturated heterocycles. The maximum atomic E-state index is 14.6. The van der Waals surface area contributed by atoms with Gasteiger partial charge in [0.1, 0.15) is 12.1 Å². The van der Waals surface area contributed by atoms with Crippen LogP contribution in [-0.4, -0.2) is 71.5 Å². The molecule has 6 rings (SSSR count). The Bertz CT molecular complexity index is 1610. The molecule has 212 valence electrons. The van der Waals surface area contributed by atoms with Gasteiger partial charge in [0.2, 0.25) is 5.88 Å². The number of anilines is 1. The monoisotopic (exact) mass is 558 g/mol. The van der Waals surface area contributed by atoms with E-state index < -0.39 is 18.5 Å². The zero-order chi connectivity index (χ0) is 28.7. The fourth-order valence-electron chi connectivity index (χ4n) is 5.94. The van der Waals surface area contributed by atoms with Gasteiger partial charge in [-0.05, 0) is 79.4 Å². The van der Waals surface area contributed by atoms with Crippen LogP contribution in [-0.2, 0) is 13.0 Å². The summed E-state index contributed by atoms with van der Waals surface area (Å²) in [4.78, 5) is 30.3. The summed E-state index contributed by atoms with van der Waals surface area (Å²) in [5, 5.41) is 3.61. The number of methoxy groups -OCH3 is 1. The van der Waals surface area contributed by atoms with Crippen LogP contribution in [0.25, 0.3) is 22.0 Å². The molecule has 1 unspecified atom stereocenters. The molecule has 0 spiro atoms. The zero-order valence-electron chi connectivity index (χ0n) is 23.3. The first-order chi connectivity index (χ1) is 19.8. The van der Waals surface area contributed by atoms with Gasteiger partial charge in [0.05, 0.1) is 25.2 Å². The van der Waals surface area contributed by atoms with Crippen molar-refractivity contribution in [2.45, 2.75) is 38.3 Å². The predicted octanol–water partition coefficient (Wildman–Crippen LogP) is 4.64. The lowest BCUT2D eigenvalue weighted by Gasteiger charge is -2.38. The number of ether oxygens (including phenoxy) is 1. The fourth-order valence-corrected chi connectivity index (χ4v) is 5.94. The Morgan fingerprint density at radius 3 is 2.63 bits per heavy atom. The van der Waals surface area contributed by atoms with Gasteiger partial charge in [-0.1, -0.05) is 6.07 Å². The number of amides is 1. The Balaban J connectivity index is 1.29. The molecule has 4 aromatic rings. The van der Waals surface area contributed by atoms with Crippen LogP contribution >= 0.6 is 0 Å². The minimum absolute atomic E-state index is 0.211. The van der Waals surface area contributed by atoms with Crippen LogP contribution in [0.2, 0.25) is 0 Å². The smallest absolute Gasteiger partial charge is 0.280 e. The minimum Gasteiger partial charge on any atom is -0.481 e. The molecule has 10 heteroatoms. The van der Waals surface area contributed by atoms with Crippen molar-refractivity contribution in [1.82, 2.24) is 25.2 Å². The van der Waals surface area contributed by atoms with Crippen LogP contribution in [0.4, 0.5) is 14.6 Å². The van der Waals surface area contributed by atoms with E-state index in [1.165, 1.54) is 11.9 Å². The van der Waals surface area contributed by atoms with Crippen molar-refractivity contribution in [2.75, 3.05) is 38.7 Å². The predicted molar refractivity (Wildman–Crippen MR) is 154 cm³/mol. The second kappa shape index (κ2) is 10.7. The number of benzene rings is 2. The molecule has 0 saturated carbocycles. The number of carbonyl (C=O) groups excluding carboxylic acids is 1. The Hall–Kier alpha value is -4.18. The molecule has 1 amide bonds. The van der Waals surface area contributed by atoms with Crippen LogP contribution in [0, 0.1) is 6.92 Å². The van der Waals surface area contributed by atoms with E-state index in [0.29, 0.717) is 24.5 Å². The lowest BCUT2D eigenvalue weighted by Crippen LogP contribution is -2.57. The summed E-state index contributed by atoms with van der Waals surface area (Å²) in [5.74, 6) is -1.96. The van der Waals surface area contributed by atoms with Crippen molar-refractivity contribution >= 4 is 22.6 Å². The third kappa shape index (κ3) is 5.08. The Morgan fingerprint density at radius 2 is 1.90 bits per heavy atom. The highest BCUT2D eigenvalue weighted by Crippen LogP contribution is 2.34. The highest BCUT2D eigenvalue weighted by molar-refractivity contribution is 5.96. The Morgan fingerprint density at radius 1 is 1.05 bits per heavy atom. The van der Waals surface area contributed by atoms with Gasteiger partial charge >= 0.3 is 0 Å². The van der Waals surface area contributed by atoms with Crippen LogP contribution < -0.4 is 15.0 Å². The third-order valence-electron chi connectivity index (χ3n) is 8.19. The molecule has 0 aliphatic carbocycles. The number of nitrogens with one attached hydrogen (secondary N) is 1. The molecule has 1 atom stereocenters. The third-order valence-corrected chi connectivity index (χ3v) is 8.19. The number of hydrogen-bond acceptors (Lipinski definition) is 7. The zero-order valence-corrected chi connectivity index (χ0v) is 23.3. The average Bonchev–Trinajstić information content (AvgIpc) is 2.99. The summed E-state index contributed by atoms with van der Waals surface area (Å²) in [5.41, 5.74) is 6.45. The van der Waals surface area contributed by atoms with Crippen molar-refractivity contribution in [3.05, 3.63) is 77.2 Å². The number of rotatable bonds is 5. The number of piperidine rings is 1. The summed E-state index contributed by atoms with van der Waals surface area (Å²) in [7, 11) is 3.12. The quantitative estimate of drug-likeness (QED) is 0.382. The number of nitrogens with zero attached hydrogens (tertiary/aromatic N) is 5. The van der Waals surface area contributed by atoms with Gasteiger partial charge in [-0.25, -0.2) is 23.7 Å². The molecule has 0 bridgehead atoms. The second-order valence-corrected chi connectivity index (χ2v) is 10.7. The van der Waals surface area contributed by atoms with E-state index in [9.17, 15) is 13.6 Å². The number of likely N-dealkylation sites (tertiary alicyclic amines) is 1. The molecule has 8 nitrogen and oxygen atoms in total. The maximum Gasteiger partial charge on any atom is 0.280 e. The first-order valence-corrected chi connectivity index (χ1v) is 13.7. The second-order valence-electron chi connectivity index (χ2n) is 10.7. The molecule has 2 aliphatic rings. The lowest BCUT2D eigenvalue weighted by molar-refractivity contribution is -0.0800. The van der Waals surface area contributed by atoms with Crippen molar-refractivity contribution in [2.24, 2.45) is 0 Å². The highest BCUT2D eigenvalue weighted by Gasteiger charge is 2.45. The van der Waals surface area contributed by atoms with Crippen LogP contribution in [0.5, 0.6) is 5.88 Å². The summed E-state index contributed by atoms with van der Waals surface area (Å²) in [6, 6.07) is 12.6. The molecule has 1 N–H and O–H groups in total. The van der Waals surface area contributed by atoms with Gasteiger partial charge < -0.3 is 19.9 Å². The topological polar surface area (TPSA) is 83.5 Å². The SMILES string of the molecule is CNC1CCN(C(=O)c2ccc3c(c2)CN(c2ncnc4c(C)cc(-c5ccc(OC)nc5)cc24)CC3)CC1(F)F. The molecule has 1 fully saturated rings. The Labute approximate surface area is 237 Å². The first kappa shape index (κ1) is 27.0. The molecular weight excluding hydrogens is 526 g/mol. The van der Waals surface area contributed by atoms with E-state index in [1.807, 2.05) is 31.2 Å². The summed E-state index contributed by atoms with van der Waals surface area (Å²) >= 11 is 0. The van der Waals surface area contributed by atoms with Crippen LogP contribution in [0.1, 0.15) is 33.5 Å². The summed E-state index contributed by atoms with van der Waals surface area (Å²) < 4.78 is 34.3. The van der Waals surface area contributed by atoms with Gasteiger partial charge in [-0.3, -0.25) is 4.79 Å². The van der Waals surface area contributed by atoms with Crippen molar-refractivity contribution in [3.63, 3.8) is 0 Å². The fraction of sp³-hybridized carbons (Fsp3) is 0.355. The number of carbonyl (C=O) groups is 1. The molecule has 2 aliphatic heterocycles. The standard InChI is InChI=1S/C31H32F2N6O2/c1-19-12-23(22-6-7-27(41-3)35-15-22)14-25-28(19)36-18-37-29(25)38-10-8-20-4-5-21(13-24(20)16-38)30(40)39-11-9-26(34-2)31(32,33)17-39/h4-7,12-15,18,26,34H,8-11,16-17H2,1-3H3. The number of pyridine rings is 1. The summed E-state index contributed by atoms with van der Waals surface area (Å²) in [6.45, 7) is 3.05. The van der Waals surface area contributed by atoms with Gasteiger partial charge in [0.15, 0.2) is 0 Å². The van der Waals surface area contributed by atoms with E-state index >= 15 is 0 Å². The van der Waals surface area contributed by atoms with Crippen molar-refractivity contribution in [1.29, 1.82) is 0 Å². The minimum atomic E-state index is -2.97. The van der Waals surface area contributed by atoms with Gasteiger partial charge in [0, 0.05) is 48.4 Å². The van der Waals surface area contributed by atoms with E-state index in [0.717, 1.165) is 57.5 Å². The Kier molecular flexibility index (Phi) is 7.03. The van der Waals surface area contributed by atoms with Crippen LogP contribution in [0.3, 0.4) is 0 Å². The van der Waals surface area contributed by atoms with Crippen LogP contribution in [0.15, 0.2) is 55.0 Å². The molecule has 4 heterocycles. The number of aryl methyl sites for hydroxylation is 1. The number of hydrogen-bond donors (Lipinski definition) is 1. The molecule has 41 heavy (non-hydrogen) atoms. The summed E-state index contributed by atoms with van der Waals surface area (Å²) in [6.07, 6.45) is 4.37. The largest absolute Gasteiger partial charge is 0.481 e. The maximum absolute atomic E-state index is 14.6. The lowest BCUT2D eigenvalue weighted by atomic mass is 9.95. The molecule has 2 aromatic heterocycles. The highest BCUT2D eigenvalue weighted by atomic mass is 19.3. The first-order valence-electron chi connectivity index (χ1n) is 13.7. The van der Waals surface area contributed by atoms with Gasteiger partial charge in [0.25, 0.3) is 11.8 Å². The average molecular weight is 559 g/mol. The number of aromatic nitrogens is 3. The molecular formula is C31H32F2N6O2. The number of alkyl halides is 2. The van der Waals surface area contributed by atoms with E-state index in [-0.39, 0.29) is 12.3 Å². The number of halogens is 2. The normalized spacial score (nSPS) is 18.3. The van der Waals surface area contributed by atoms with E-state index in [1.54, 1.807) is 25.7 Å². The molecule has 2 aromatic carbocycles. The van der Waals surface area contributed by atoms with Gasteiger partial charge in [-0.15, -0.1) is 0 Å². The van der Waals surface area contributed by atoms with E-state index in [4.69, 9.17) is 4.74 Å². The van der Waals surface area contributed by atoms with Gasteiger partial charge in [-0.2, -0.15) is 0 Å². The number of fused-ring (bicyclic) bond motifs is 2.